The summed E-state index contributed by atoms with van der Waals surface area (Å²) in [6.45, 7) is 8.86. The van der Waals surface area contributed by atoms with Gasteiger partial charge in [0.25, 0.3) is 0 Å². The zero-order chi connectivity index (χ0) is 11.7. The Balaban J connectivity index is 3.78. The van der Waals surface area contributed by atoms with Gasteiger partial charge in [-0.25, -0.2) is 0 Å². The van der Waals surface area contributed by atoms with Crippen molar-refractivity contribution in [2.24, 2.45) is 0 Å². The Morgan fingerprint density at radius 3 is 2.53 bits per heavy atom. The van der Waals surface area contributed by atoms with Crippen LogP contribution in [0, 0.1) is 0 Å². The van der Waals surface area contributed by atoms with Crippen LogP contribution in [0.2, 0.25) is 0 Å². The third-order valence-corrected chi connectivity index (χ3v) is 2.23. The third kappa shape index (κ3) is 7.33. The highest BCUT2D eigenvalue weighted by Crippen LogP contribution is 2.00. The molecule has 0 aromatic heterocycles. The highest BCUT2D eigenvalue weighted by atomic mass is 16.5. The van der Waals surface area contributed by atoms with Gasteiger partial charge in [0.2, 0.25) is 0 Å². The Morgan fingerprint density at radius 1 is 1.40 bits per heavy atom. The van der Waals surface area contributed by atoms with Crippen LogP contribution < -0.4 is 0 Å². The SMILES string of the molecule is CCOCCCN(CC(=O)OC)C(C)C. The molecule has 0 aliphatic carbocycles. The molecular weight excluding hydrogens is 194 g/mol. The number of rotatable bonds is 8. The molecule has 15 heavy (non-hydrogen) atoms. The summed E-state index contributed by atoms with van der Waals surface area (Å²) in [6, 6.07) is 0.353. The van der Waals surface area contributed by atoms with Crippen LogP contribution in [0.15, 0.2) is 0 Å². The molecule has 4 heteroatoms. The molecule has 0 aliphatic heterocycles. The fourth-order valence-corrected chi connectivity index (χ4v) is 1.26. The zero-order valence-corrected chi connectivity index (χ0v) is 10.3. The first-order chi connectivity index (χ1) is 7.11. The van der Waals surface area contributed by atoms with Crippen LogP contribution in [0.1, 0.15) is 27.2 Å². The Bertz CT molecular complexity index is 171. The lowest BCUT2D eigenvalue weighted by Crippen LogP contribution is -2.37. The summed E-state index contributed by atoms with van der Waals surface area (Å²) >= 11 is 0. The Labute approximate surface area is 92.5 Å². The molecule has 0 radical (unpaired) electrons. The van der Waals surface area contributed by atoms with Crippen molar-refractivity contribution in [2.75, 3.05) is 33.4 Å². The van der Waals surface area contributed by atoms with Crippen molar-refractivity contribution >= 4 is 5.97 Å². The molecule has 0 heterocycles. The second-order valence-electron chi connectivity index (χ2n) is 3.69. The van der Waals surface area contributed by atoms with E-state index in [4.69, 9.17) is 4.74 Å². The van der Waals surface area contributed by atoms with E-state index in [9.17, 15) is 4.79 Å². The third-order valence-electron chi connectivity index (χ3n) is 2.23. The van der Waals surface area contributed by atoms with Crippen molar-refractivity contribution in [1.29, 1.82) is 0 Å². The van der Waals surface area contributed by atoms with Crippen LogP contribution in [0.25, 0.3) is 0 Å². The number of esters is 1. The number of hydrogen-bond acceptors (Lipinski definition) is 4. The van der Waals surface area contributed by atoms with Crippen LogP contribution in [0.5, 0.6) is 0 Å². The summed E-state index contributed by atoms with van der Waals surface area (Å²) in [5, 5.41) is 0. The van der Waals surface area contributed by atoms with E-state index in [2.05, 4.69) is 23.5 Å². The summed E-state index contributed by atoms with van der Waals surface area (Å²) in [6.07, 6.45) is 0.947. The van der Waals surface area contributed by atoms with Crippen molar-refractivity contribution < 1.29 is 14.3 Å². The van der Waals surface area contributed by atoms with Gasteiger partial charge in [-0.15, -0.1) is 0 Å². The highest BCUT2D eigenvalue weighted by Gasteiger charge is 2.13. The molecule has 0 spiro atoms. The lowest BCUT2D eigenvalue weighted by molar-refractivity contribution is -0.142. The lowest BCUT2D eigenvalue weighted by Gasteiger charge is -2.24. The van der Waals surface area contributed by atoms with E-state index < -0.39 is 0 Å². The standard InChI is InChI=1S/C11H23NO3/c1-5-15-8-6-7-12(10(2)3)9-11(13)14-4/h10H,5-9H2,1-4H3. The molecule has 0 fully saturated rings. The maximum Gasteiger partial charge on any atom is 0.319 e. The molecular formula is C11H23NO3. The van der Waals surface area contributed by atoms with Gasteiger partial charge in [0, 0.05) is 25.8 Å². The number of carbonyl (C=O) groups excluding carboxylic acids is 1. The fourth-order valence-electron chi connectivity index (χ4n) is 1.26. The second-order valence-corrected chi connectivity index (χ2v) is 3.69. The van der Waals surface area contributed by atoms with Gasteiger partial charge in [-0.3, -0.25) is 9.69 Å². The minimum absolute atomic E-state index is 0.180. The average Bonchev–Trinajstić information content (AvgIpc) is 2.21. The van der Waals surface area contributed by atoms with E-state index in [1.54, 1.807) is 0 Å². The van der Waals surface area contributed by atoms with Gasteiger partial charge >= 0.3 is 5.97 Å². The van der Waals surface area contributed by atoms with Gasteiger partial charge in [-0.1, -0.05) is 0 Å². The van der Waals surface area contributed by atoms with Crippen LogP contribution >= 0.6 is 0 Å². The first kappa shape index (κ1) is 14.4. The first-order valence-corrected chi connectivity index (χ1v) is 5.50. The summed E-state index contributed by atoms with van der Waals surface area (Å²) in [4.78, 5) is 13.2. The molecule has 90 valence electrons. The van der Waals surface area contributed by atoms with Gasteiger partial charge in [-0.2, -0.15) is 0 Å². The smallest absolute Gasteiger partial charge is 0.319 e. The molecule has 0 aromatic rings. The number of ether oxygens (including phenoxy) is 2. The molecule has 4 nitrogen and oxygen atoms in total. The van der Waals surface area contributed by atoms with E-state index in [-0.39, 0.29) is 5.97 Å². The molecule has 0 unspecified atom stereocenters. The number of hydrogen-bond donors (Lipinski definition) is 0. The summed E-state index contributed by atoms with van der Waals surface area (Å²) < 4.78 is 9.90. The number of nitrogens with zero attached hydrogens (tertiary/aromatic N) is 1. The average molecular weight is 217 g/mol. The first-order valence-electron chi connectivity index (χ1n) is 5.50. The topological polar surface area (TPSA) is 38.8 Å². The van der Waals surface area contributed by atoms with Crippen LogP contribution in [0.4, 0.5) is 0 Å². The van der Waals surface area contributed by atoms with E-state index in [0.717, 1.165) is 26.2 Å². The highest BCUT2D eigenvalue weighted by molar-refractivity contribution is 5.71. The predicted octanol–water partition coefficient (Wildman–Crippen LogP) is 1.30. The number of carbonyl (C=O) groups is 1. The molecule has 0 aromatic carbocycles. The van der Waals surface area contributed by atoms with Crippen molar-refractivity contribution in [1.82, 2.24) is 4.90 Å². The predicted molar refractivity (Wildman–Crippen MR) is 59.8 cm³/mol. The Hall–Kier alpha value is -0.610. The van der Waals surface area contributed by atoms with Crippen LogP contribution in [-0.4, -0.2) is 50.3 Å². The van der Waals surface area contributed by atoms with Gasteiger partial charge in [-0.05, 0) is 27.2 Å². The monoisotopic (exact) mass is 217 g/mol. The second kappa shape index (κ2) is 8.68. The largest absolute Gasteiger partial charge is 0.468 e. The zero-order valence-electron chi connectivity index (χ0n) is 10.3. The van der Waals surface area contributed by atoms with Gasteiger partial charge < -0.3 is 9.47 Å². The van der Waals surface area contributed by atoms with Gasteiger partial charge in [0.1, 0.15) is 0 Å². The summed E-state index contributed by atoms with van der Waals surface area (Å²) in [5.74, 6) is -0.180. The molecule has 0 rings (SSSR count). The van der Waals surface area contributed by atoms with Crippen molar-refractivity contribution in [3.63, 3.8) is 0 Å². The van der Waals surface area contributed by atoms with E-state index in [0.29, 0.717) is 12.6 Å². The normalized spacial score (nSPS) is 11.1. The Morgan fingerprint density at radius 2 is 2.07 bits per heavy atom. The molecule has 0 saturated carbocycles. The van der Waals surface area contributed by atoms with E-state index in [1.807, 2.05) is 6.92 Å². The fraction of sp³-hybridized carbons (Fsp3) is 0.909. The lowest BCUT2D eigenvalue weighted by atomic mass is 10.3. The van der Waals surface area contributed by atoms with Crippen LogP contribution in [0.3, 0.4) is 0 Å². The van der Waals surface area contributed by atoms with Crippen molar-refractivity contribution in [3.8, 4) is 0 Å². The minimum Gasteiger partial charge on any atom is -0.468 e. The van der Waals surface area contributed by atoms with Gasteiger partial charge in [0.15, 0.2) is 0 Å². The molecule has 0 saturated heterocycles. The quantitative estimate of drug-likeness (QED) is 0.454. The molecule has 0 amide bonds. The summed E-state index contributed by atoms with van der Waals surface area (Å²) in [5.41, 5.74) is 0. The van der Waals surface area contributed by atoms with E-state index in [1.165, 1.54) is 7.11 Å². The van der Waals surface area contributed by atoms with Crippen LogP contribution in [-0.2, 0) is 14.3 Å². The molecule has 0 aliphatic rings. The molecule has 0 atom stereocenters. The minimum atomic E-state index is -0.180. The van der Waals surface area contributed by atoms with Gasteiger partial charge in [0.05, 0.1) is 13.7 Å². The molecule has 0 N–H and O–H groups in total. The maximum absolute atomic E-state index is 11.1. The Kier molecular flexibility index (Phi) is 8.33. The number of methoxy groups -OCH3 is 1. The maximum atomic E-state index is 11.1. The summed E-state index contributed by atoms with van der Waals surface area (Å²) in [7, 11) is 1.42. The van der Waals surface area contributed by atoms with Crippen molar-refractivity contribution in [2.45, 2.75) is 33.2 Å². The van der Waals surface area contributed by atoms with E-state index >= 15 is 0 Å². The molecule has 0 bridgehead atoms. The van der Waals surface area contributed by atoms with Crippen molar-refractivity contribution in [3.05, 3.63) is 0 Å².